The van der Waals surface area contributed by atoms with Crippen molar-refractivity contribution in [3.8, 4) is 0 Å². The SMILES string of the molecule is CN(CCC(N)=S)S(=O)(=O)N1CCCCC1. The molecular formula is C9H19N3O2S2. The van der Waals surface area contributed by atoms with E-state index in [1.54, 1.807) is 7.05 Å². The van der Waals surface area contributed by atoms with Crippen LogP contribution in [0.2, 0.25) is 0 Å². The van der Waals surface area contributed by atoms with E-state index in [1.165, 1.54) is 8.61 Å². The first-order valence-corrected chi connectivity index (χ1v) is 7.25. The van der Waals surface area contributed by atoms with Crippen LogP contribution < -0.4 is 5.73 Å². The molecule has 1 fully saturated rings. The highest BCUT2D eigenvalue weighted by Crippen LogP contribution is 2.15. The Kier molecular flexibility index (Phi) is 5.10. The summed E-state index contributed by atoms with van der Waals surface area (Å²) in [7, 11) is -1.73. The number of nitrogens with two attached hydrogens (primary N) is 1. The van der Waals surface area contributed by atoms with Crippen molar-refractivity contribution in [2.45, 2.75) is 25.7 Å². The van der Waals surface area contributed by atoms with Gasteiger partial charge in [0.25, 0.3) is 10.2 Å². The van der Waals surface area contributed by atoms with Crippen LogP contribution in [0.1, 0.15) is 25.7 Å². The fourth-order valence-electron chi connectivity index (χ4n) is 1.68. The minimum Gasteiger partial charge on any atom is -0.393 e. The quantitative estimate of drug-likeness (QED) is 0.727. The van der Waals surface area contributed by atoms with Crippen LogP contribution in [0.25, 0.3) is 0 Å². The van der Waals surface area contributed by atoms with E-state index in [1.807, 2.05) is 0 Å². The third-order valence-electron chi connectivity index (χ3n) is 2.71. The standard InChI is InChI=1S/C9H19N3O2S2/c1-11(8-5-9(10)15)16(13,14)12-6-3-2-4-7-12/h2-8H2,1H3,(H2,10,15). The molecule has 0 atom stereocenters. The predicted molar refractivity (Wildman–Crippen MR) is 68.4 cm³/mol. The Morgan fingerprint density at radius 3 is 2.44 bits per heavy atom. The van der Waals surface area contributed by atoms with Gasteiger partial charge >= 0.3 is 0 Å². The maximum Gasteiger partial charge on any atom is 0.281 e. The average Bonchev–Trinajstić information content (AvgIpc) is 2.27. The van der Waals surface area contributed by atoms with Gasteiger partial charge in [-0.2, -0.15) is 17.0 Å². The summed E-state index contributed by atoms with van der Waals surface area (Å²) in [6.07, 6.45) is 3.44. The number of nitrogens with zero attached hydrogens (tertiary/aromatic N) is 2. The van der Waals surface area contributed by atoms with Crippen LogP contribution >= 0.6 is 12.2 Å². The summed E-state index contributed by atoms with van der Waals surface area (Å²) in [5.74, 6) is 0. The van der Waals surface area contributed by atoms with Crippen LogP contribution in [0.3, 0.4) is 0 Å². The fourth-order valence-corrected chi connectivity index (χ4v) is 3.20. The fraction of sp³-hybridized carbons (Fsp3) is 0.889. The summed E-state index contributed by atoms with van der Waals surface area (Å²) >= 11 is 4.74. The lowest BCUT2D eigenvalue weighted by atomic mass is 10.2. The minimum atomic E-state index is -3.31. The largest absolute Gasteiger partial charge is 0.393 e. The van der Waals surface area contributed by atoms with Crippen LogP contribution in [-0.2, 0) is 10.2 Å². The van der Waals surface area contributed by atoms with E-state index in [9.17, 15) is 8.42 Å². The average molecular weight is 265 g/mol. The maximum absolute atomic E-state index is 12.1. The molecule has 1 saturated heterocycles. The maximum atomic E-state index is 12.1. The van der Waals surface area contributed by atoms with Gasteiger partial charge in [-0.25, -0.2) is 0 Å². The summed E-state index contributed by atoms with van der Waals surface area (Å²) < 4.78 is 27.0. The van der Waals surface area contributed by atoms with Crippen LogP contribution in [0.5, 0.6) is 0 Å². The third-order valence-corrected chi connectivity index (χ3v) is 4.90. The second-order valence-electron chi connectivity index (χ2n) is 4.01. The summed E-state index contributed by atoms with van der Waals surface area (Å²) in [6.45, 7) is 1.60. The van der Waals surface area contributed by atoms with Crippen LogP contribution in [0.15, 0.2) is 0 Å². The molecular weight excluding hydrogens is 246 g/mol. The van der Waals surface area contributed by atoms with Crippen molar-refractivity contribution in [3.05, 3.63) is 0 Å². The molecule has 2 N–H and O–H groups in total. The molecule has 0 aromatic heterocycles. The predicted octanol–water partition coefficient (Wildman–Crippen LogP) is 0.325. The highest BCUT2D eigenvalue weighted by atomic mass is 32.2. The topological polar surface area (TPSA) is 66.6 Å². The molecule has 16 heavy (non-hydrogen) atoms. The van der Waals surface area contributed by atoms with E-state index in [0.717, 1.165) is 19.3 Å². The molecule has 0 amide bonds. The molecule has 1 rings (SSSR count). The highest BCUT2D eigenvalue weighted by Gasteiger charge is 2.27. The van der Waals surface area contributed by atoms with E-state index < -0.39 is 10.2 Å². The van der Waals surface area contributed by atoms with Gasteiger partial charge < -0.3 is 5.73 Å². The minimum absolute atomic E-state index is 0.348. The van der Waals surface area contributed by atoms with Gasteiger partial charge in [-0.3, -0.25) is 0 Å². The monoisotopic (exact) mass is 265 g/mol. The molecule has 1 heterocycles. The van der Waals surface area contributed by atoms with E-state index in [4.69, 9.17) is 18.0 Å². The zero-order chi connectivity index (χ0) is 12.2. The van der Waals surface area contributed by atoms with Crippen molar-refractivity contribution in [3.63, 3.8) is 0 Å². The van der Waals surface area contributed by atoms with Crippen LogP contribution in [0.4, 0.5) is 0 Å². The first kappa shape index (κ1) is 13.8. The Bertz CT molecular complexity index is 337. The molecule has 0 aromatic rings. The van der Waals surface area contributed by atoms with Gasteiger partial charge in [0.05, 0.1) is 4.99 Å². The number of piperidine rings is 1. The van der Waals surface area contributed by atoms with Crippen molar-refractivity contribution in [2.75, 3.05) is 26.7 Å². The van der Waals surface area contributed by atoms with Gasteiger partial charge in [-0.1, -0.05) is 18.6 Å². The first-order chi connectivity index (χ1) is 7.44. The molecule has 7 heteroatoms. The number of hydrogen-bond donors (Lipinski definition) is 1. The lowest BCUT2D eigenvalue weighted by Crippen LogP contribution is -2.45. The highest BCUT2D eigenvalue weighted by molar-refractivity contribution is 7.86. The summed E-state index contributed by atoms with van der Waals surface area (Å²) in [5, 5.41) is 0. The van der Waals surface area contributed by atoms with E-state index >= 15 is 0 Å². The van der Waals surface area contributed by atoms with Crippen LogP contribution in [-0.4, -0.2) is 48.7 Å². The molecule has 0 unspecified atom stereocenters. The molecule has 0 radical (unpaired) electrons. The number of thiocarbonyl (C=S) groups is 1. The van der Waals surface area contributed by atoms with Crippen molar-refractivity contribution in [1.82, 2.24) is 8.61 Å². The van der Waals surface area contributed by atoms with Gasteiger partial charge in [0, 0.05) is 33.1 Å². The Hall–Kier alpha value is -0.240. The Labute approximate surface area is 103 Å². The Morgan fingerprint density at radius 1 is 1.38 bits per heavy atom. The normalized spacial score (nSPS) is 18.9. The van der Waals surface area contributed by atoms with E-state index in [-0.39, 0.29) is 0 Å². The van der Waals surface area contributed by atoms with Crippen LogP contribution in [0, 0.1) is 0 Å². The van der Waals surface area contributed by atoms with Gasteiger partial charge in [0.15, 0.2) is 0 Å². The van der Waals surface area contributed by atoms with Gasteiger partial charge in [-0.05, 0) is 12.8 Å². The number of rotatable bonds is 5. The zero-order valence-corrected chi connectivity index (χ0v) is 11.2. The second kappa shape index (κ2) is 5.90. The van der Waals surface area contributed by atoms with E-state index in [0.29, 0.717) is 31.0 Å². The molecule has 0 spiro atoms. The van der Waals surface area contributed by atoms with Gasteiger partial charge in [0.1, 0.15) is 0 Å². The van der Waals surface area contributed by atoms with Crippen molar-refractivity contribution < 1.29 is 8.42 Å². The summed E-state index contributed by atoms with van der Waals surface area (Å²) in [6, 6.07) is 0. The number of hydrogen-bond acceptors (Lipinski definition) is 3. The first-order valence-electron chi connectivity index (χ1n) is 5.44. The van der Waals surface area contributed by atoms with E-state index in [2.05, 4.69) is 0 Å². The molecule has 1 aliphatic heterocycles. The molecule has 0 aliphatic carbocycles. The molecule has 0 aromatic carbocycles. The summed E-state index contributed by atoms with van der Waals surface area (Å²) in [5.41, 5.74) is 5.36. The lowest BCUT2D eigenvalue weighted by molar-refractivity contribution is 0.317. The Morgan fingerprint density at radius 2 is 1.94 bits per heavy atom. The second-order valence-corrected chi connectivity index (χ2v) is 6.57. The molecule has 94 valence electrons. The smallest absolute Gasteiger partial charge is 0.281 e. The lowest BCUT2D eigenvalue weighted by Gasteiger charge is -2.30. The van der Waals surface area contributed by atoms with Gasteiger partial charge in [0.2, 0.25) is 0 Å². The Balaban J connectivity index is 2.57. The van der Waals surface area contributed by atoms with Gasteiger partial charge in [-0.15, -0.1) is 0 Å². The third kappa shape index (κ3) is 3.65. The molecule has 0 saturated carbocycles. The van der Waals surface area contributed by atoms with Crippen molar-refractivity contribution in [2.24, 2.45) is 5.73 Å². The van der Waals surface area contributed by atoms with Crippen molar-refractivity contribution in [1.29, 1.82) is 0 Å². The molecule has 5 nitrogen and oxygen atoms in total. The van der Waals surface area contributed by atoms with Crippen molar-refractivity contribution >= 4 is 27.4 Å². The molecule has 1 aliphatic rings. The molecule has 0 bridgehead atoms. The zero-order valence-electron chi connectivity index (χ0n) is 9.55. The summed E-state index contributed by atoms with van der Waals surface area (Å²) in [4.78, 5) is 0.348.